The molecule has 0 fully saturated rings. The molecule has 2 aromatic heterocycles. The van der Waals surface area contributed by atoms with Crippen molar-refractivity contribution in [1.82, 2.24) is 14.8 Å². The predicted molar refractivity (Wildman–Crippen MR) is 119 cm³/mol. The van der Waals surface area contributed by atoms with Crippen molar-refractivity contribution in [3.63, 3.8) is 0 Å². The first-order valence-corrected chi connectivity index (χ1v) is 10.7. The molecule has 0 spiro atoms. The number of benzene rings is 1. The second kappa shape index (κ2) is 10.6. The molecule has 0 saturated carbocycles. The predicted octanol–water partition coefficient (Wildman–Crippen LogP) is 5.36. The van der Waals surface area contributed by atoms with E-state index < -0.39 is 17.7 Å². The topological polar surface area (TPSA) is 75.5 Å². The highest BCUT2D eigenvalue weighted by Crippen LogP contribution is 2.32. The number of hydrogen-bond acceptors (Lipinski definition) is 6. The van der Waals surface area contributed by atoms with E-state index in [2.05, 4.69) is 10.1 Å². The zero-order valence-corrected chi connectivity index (χ0v) is 19.3. The van der Waals surface area contributed by atoms with Gasteiger partial charge < -0.3 is 14.2 Å². The maximum Gasteiger partial charge on any atom is 0.417 e. The number of hydrogen-bond donors (Lipinski definition) is 0. The Labute approximate surface area is 195 Å². The summed E-state index contributed by atoms with van der Waals surface area (Å²) in [6, 6.07) is 7.25. The van der Waals surface area contributed by atoms with Crippen molar-refractivity contribution >= 4 is 5.97 Å². The number of aryl methyl sites for hydroxylation is 1. The molecule has 3 rings (SSSR count). The minimum Gasteiger partial charge on any atom is -0.497 e. The number of rotatable bonds is 9. The molecule has 0 unspecified atom stereocenters. The summed E-state index contributed by atoms with van der Waals surface area (Å²) in [5.74, 6) is 1.18. The Morgan fingerprint density at radius 1 is 1.15 bits per heavy atom. The van der Waals surface area contributed by atoms with Crippen molar-refractivity contribution in [3.05, 3.63) is 59.5 Å². The highest BCUT2D eigenvalue weighted by molar-refractivity contribution is 5.70. The number of carbonyl (C=O) groups is 1. The standard InChI is InChI=1S/C24H26F3N3O4/c1-15(2)23-17(14-30(29-23)22-10-7-18(13-28-22)24(25,26)27)6-5-11-33-20-9-8-19(32-4)12-21(20)34-16(3)31/h7-10,12-15H,5-6,11H2,1-4H3. The Morgan fingerprint density at radius 3 is 2.50 bits per heavy atom. The van der Waals surface area contributed by atoms with Gasteiger partial charge in [0.2, 0.25) is 0 Å². The molecule has 0 bridgehead atoms. The van der Waals surface area contributed by atoms with Gasteiger partial charge in [0.1, 0.15) is 5.75 Å². The average Bonchev–Trinajstić information content (AvgIpc) is 3.21. The third-order valence-corrected chi connectivity index (χ3v) is 4.93. The van der Waals surface area contributed by atoms with Gasteiger partial charge in [0.25, 0.3) is 0 Å². The maximum atomic E-state index is 12.8. The fraction of sp³-hybridized carbons (Fsp3) is 0.375. The zero-order chi connectivity index (χ0) is 24.9. The molecule has 0 aliphatic rings. The summed E-state index contributed by atoms with van der Waals surface area (Å²) in [5, 5.41) is 4.54. The zero-order valence-electron chi connectivity index (χ0n) is 19.3. The number of methoxy groups -OCH3 is 1. The van der Waals surface area contributed by atoms with Crippen LogP contribution in [0.3, 0.4) is 0 Å². The molecular weight excluding hydrogens is 451 g/mol. The lowest BCUT2D eigenvalue weighted by Crippen LogP contribution is -2.07. The second-order valence-corrected chi connectivity index (χ2v) is 7.90. The van der Waals surface area contributed by atoms with Crippen molar-refractivity contribution in [1.29, 1.82) is 0 Å². The quantitative estimate of drug-likeness (QED) is 0.235. The third kappa shape index (κ3) is 6.27. The van der Waals surface area contributed by atoms with Crippen LogP contribution in [0, 0.1) is 0 Å². The van der Waals surface area contributed by atoms with Crippen LogP contribution in [-0.4, -0.2) is 34.5 Å². The summed E-state index contributed by atoms with van der Waals surface area (Å²) in [6.45, 7) is 5.65. The van der Waals surface area contributed by atoms with E-state index in [1.165, 1.54) is 24.8 Å². The molecule has 0 radical (unpaired) electrons. The molecule has 2 heterocycles. The largest absolute Gasteiger partial charge is 0.497 e. The van der Waals surface area contributed by atoms with Gasteiger partial charge >= 0.3 is 12.1 Å². The van der Waals surface area contributed by atoms with Crippen LogP contribution in [0.2, 0.25) is 0 Å². The molecule has 0 atom stereocenters. The van der Waals surface area contributed by atoms with E-state index in [1.54, 1.807) is 24.4 Å². The van der Waals surface area contributed by atoms with Crippen LogP contribution in [0.1, 0.15) is 49.9 Å². The first-order chi connectivity index (χ1) is 16.1. The first kappa shape index (κ1) is 25.1. The molecule has 0 aliphatic heterocycles. The molecule has 0 N–H and O–H groups in total. The normalized spacial score (nSPS) is 11.5. The van der Waals surface area contributed by atoms with E-state index >= 15 is 0 Å². The van der Waals surface area contributed by atoms with Crippen molar-refractivity contribution in [2.45, 2.75) is 45.7 Å². The van der Waals surface area contributed by atoms with Gasteiger partial charge in [-0.05, 0) is 48.6 Å². The van der Waals surface area contributed by atoms with Crippen molar-refractivity contribution < 1.29 is 32.2 Å². The summed E-state index contributed by atoms with van der Waals surface area (Å²) in [7, 11) is 1.51. The minimum absolute atomic E-state index is 0.115. The van der Waals surface area contributed by atoms with Crippen LogP contribution in [0.5, 0.6) is 17.2 Å². The summed E-state index contributed by atoms with van der Waals surface area (Å²) < 4.78 is 56.1. The molecule has 0 amide bonds. The summed E-state index contributed by atoms with van der Waals surface area (Å²) in [6.07, 6.45) is -0.592. The number of pyridine rings is 1. The van der Waals surface area contributed by atoms with E-state index in [0.29, 0.717) is 36.8 Å². The summed E-state index contributed by atoms with van der Waals surface area (Å²) in [4.78, 5) is 15.3. The molecule has 182 valence electrons. The number of carbonyl (C=O) groups excluding carboxylic acids is 1. The van der Waals surface area contributed by atoms with E-state index in [4.69, 9.17) is 14.2 Å². The number of aromatic nitrogens is 3. The fourth-order valence-electron chi connectivity index (χ4n) is 3.32. The Bertz CT molecular complexity index is 1130. The molecule has 0 saturated heterocycles. The summed E-state index contributed by atoms with van der Waals surface area (Å²) in [5.41, 5.74) is 0.985. The Kier molecular flexibility index (Phi) is 7.80. The van der Waals surface area contributed by atoms with Crippen molar-refractivity contribution in [3.8, 4) is 23.1 Å². The van der Waals surface area contributed by atoms with E-state index in [9.17, 15) is 18.0 Å². The van der Waals surface area contributed by atoms with Gasteiger partial charge in [0, 0.05) is 25.4 Å². The van der Waals surface area contributed by atoms with Crippen LogP contribution in [0.15, 0.2) is 42.7 Å². The third-order valence-electron chi connectivity index (χ3n) is 4.93. The molecule has 10 heteroatoms. The van der Waals surface area contributed by atoms with Crippen LogP contribution >= 0.6 is 0 Å². The number of halogens is 3. The second-order valence-electron chi connectivity index (χ2n) is 7.90. The Hall–Kier alpha value is -3.56. The van der Waals surface area contributed by atoms with Gasteiger partial charge in [0.15, 0.2) is 17.3 Å². The number of nitrogens with zero attached hydrogens (tertiary/aromatic N) is 3. The number of ether oxygens (including phenoxy) is 3. The van der Waals surface area contributed by atoms with Gasteiger partial charge in [-0.15, -0.1) is 0 Å². The van der Waals surface area contributed by atoms with Crippen LogP contribution in [0.4, 0.5) is 13.2 Å². The van der Waals surface area contributed by atoms with Crippen molar-refractivity contribution in [2.24, 2.45) is 0 Å². The minimum atomic E-state index is -4.44. The number of esters is 1. The smallest absolute Gasteiger partial charge is 0.417 e. The van der Waals surface area contributed by atoms with Gasteiger partial charge in [0.05, 0.1) is 25.0 Å². The molecule has 34 heavy (non-hydrogen) atoms. The highest BCUT2D eigenvalue weighted by atomic mass is 19.4. The maximum absolute atomic E-state index is 12.8. The molecule has 1 aromatic carbocycles. The van der Waals surface area contributed by atoms with E-state index in [1.807, 2.05) is 13.8 Å². The Balaban J connectivity index is 1.68. The number of alkyl halides is 3. The fourth-order valence-corrected chi connectivity index (χ4v) is 3.32. The Morgan fingerprint density at radius 2 is 1.91 bits per heavy atom. The molecular formula is C24H26F3N3O4. The average molecular weight is 477 g/mol. The first-order valence-electron chi connectivity index (χ1n) is 10.7. The van der Waals surface area contributed by atoms with Gasteiger partial charge in [-0.3, -0.25) is 4.79 Å². The van der Waals surface area contributed by atoms with Gasteiger partial charge in [-0.25, -0.2) is 9.67 Å². The van der Waals surface area contributed by atoms with Crippen LogP contribution < -0.4 is 14.2 Å². The van der Waals surface area contributed by atoms with E-state index in [-0.39, 0.29) is 11.7 Å². The molecule has 0 aliphatic carbocycles. The summed E-state index contributed by atoms with van der Waals surface area (Å²) >= 11 is 0. The molecule has 7 nitrogen and oxygen atoms in total. The van der Waals surface area contributed by atoms with Crippen molar-refractivity contribution in [2.75, 3.05) is 13.7 Å². The highest BCUT2D eigenvalue weighted by Gasteiger charge is 2.30. The van der Waals surface area contributed by atoms with E-state index in [0.717, 1.165) is 23.5 Å². The van der Waals surface area contributed by atoms with Gasteiger partial charge in [-0.2, -0.15) is 18.3 Å². The monoisotopic (exact) mass is 477 g/mol. The lowest BCUT2D eigenvalue weighted by atomic mass is 10.0. The van der Waals surface area contributed by atoms with Gasteiger partial charge in [-0.1, -0.05) is 13.8 Å². The van der Waals surface area contributed by atoms with Crippen LogP contribution in [0.25, 0.3) is 5.82 Å². The lowest BCUT2D eigenvalue weighted by molar-refractivity contribution is -0.138. The van der Waals surface area contributed by atoms with Crippen LogP contribution in [-0.2, 0) is 17.4 Å². The SMILES string of the molecule is COc1ccc(OCCCc2cn(-c3ccc(C(F)(F)F)cn3)nc2C(C)C)c(OC(C)=O)c1. The molecule has 3 aromatic rings. The lowest BCUT2D eigenvalue weighted by Gasteiger charge is -2.12.